The van der Waals surface area contributed by atoms with E-state index in [2.05, 4.69) is 79.9 Å². The summed E-state index contributed by atoms with van der Waals surface area (Å²) in [6, 6.07) is -0.832. The summed E-state index contributed by atoms with van der Waals surface area (Å²) in [5.41, 5.74) is 0. The van der Waals surface area contributed by atoms with Crippen LogP contribution in [0, 0.1) is 0 Å². The lowest BCUT2D eigenvalue weighted by molar-refractivity contribution is -0.302. The summed E-state index contributed by atoms with van der Waals surface area (Å²) in [5, 5.41) is 54.7. The Hall–Kier alpha value is -2.37. The van der Waals surface area contributed by atoms with Crippen LogP contribution < -0.4 is 5.32 Å². The SMILES string of the molecule is CCCCCCC/C=C\C/C=C\C/C=C\CCCCCCCCCCCCCCCCCCCCC(=O)NC(COC1OC(CO)C(O)C(O)C1O)C(O)/C=C/CC/C=C/CC/C=C/CCCCCCCCCCCCCCCCCCC. The van der Waals surface area contributed by atoms with Crippen LogP contribution in [-0.2, 0) is 14.3 Å². The Labute approximate surface area is 512 Å². The maximum Gasteiger partial charge on any atom is 0.220 e. The normalized spacial score (nSPS) is 18.7. The number of hydrogen-bond donors (Lipinski definition) is 6. The van der Waals surface area contributed by atoms with Crippen LogP contribution in [0.4, 0.5) is 0 Å². The van der Waals surface area contributed by atoms with Crippen molar-refractivity contribution in [2.24, 2.45) is 0 Å². The van der Waals surface area contributed by atoms with E-state index in [4.69, 9.17) is 9.47 Å². The highest BCUT2D eigenvalue weighted by Gasteiger charge is 2.44. The van der Waals surface area contributed by atoms with Gasteiger partial charge in [0.2, 0.25) is 5.91 Å². The third kappa shape index (κ3) is 51.4. The minimum atomic E-state index is -1.58. The molecule has 1 saturated heterocycles. The van der Waals surface area contributed by atoms with Gasteiger partial charge >= 0.3 is 0 Å². The van der Waals surface area contributed by atoms with Crippen LogP contribution in [0.1, 0.15) is 335 Å². The Morgan fingerprint density at radius 1 is 0.410 bits per heavy atom. The molecule has 0 aromatic heterocycles. The number of unbranched alkanes of at least 4 members (excludes halogenated alkanes) is 42. The third-order valence-corrected chi connectivity index (χ3v) is 16.7. The van der Waals surface area contributed by atoms with Gasteiger partial charge < -0.3 is 40.3 Å². The Morgan fingerprint density at radius 3 is 1.10 bits per heavy atom. The van der Waals surface area contributed by atoms with Crippen molar-refractivity contribution < 1.29 is 39.8 Å². The van der Waals surface area contributed by atoms with E-state index in [1.807, 2.05) is 6.08 Å². The van der Waals surface area contributed by atoms with Crippen LogP contribution in [0.5, 0.6) is 0 Å². The van der Waals surface area contributed by atoms with Gasteiger partial charge in [0.05, 0.1) is 25.4 Å². The topological polar surface area (TPSA) is 149 Å². The van der Waals surface area contributed by atoms with Crippen LogP contribution in [-0.4, -0.2) is 87.5 Å². The number of ether oxygens (including phenoxy) is 2. The third-order valence-electron chi connectivity index (χ3n) is 16.7. The summed E-state index contributed by atoms with van der Waals surface area (Å²) in [4.78, 5) is 13.1. The van der Waals surface area contributed by atoms with E-state index < -0.39 is 49.5 Å². The highest BCUT2D eigenvalue weighted by Crippen LogP contribution is 2.23. The van der Waals surface area contributed by atoms with Crippen molar-refractivity contribution in [3.8, 4) is 0 Å². The molecule has 0 spiro atoms. The molecular formula is C74H135NO8. The molecule has 0 bridgehead atoms. The van der Waals surface area contributed by atoms with Crippen LogP contribution in [0.15, 0.2) is 72.9 Å². The van der Waals surface area contributed by atoms with Crippen molar-refractivity contribution in [1.82, 2.24) is 5.32 Å². The number of carbonyl (C=O) groups is 1. The second-order valence-electron chi connectivity index (χ2n) is 24.7. The molecule has 1 aliphatic rings. The van der Waals surface area contributed by atoms with Crippen molar-refractivity contribution in [3.63, 3.8) is 0 Å². The number of aliphatic hydroxyl groups excluding tert-OH is 5. The van der Waals surface area contributed by atoms with E-state index in [9.17, 15) is 30.3 Å². The zero-order valence-corrected chi connectivity index (χ0v) is 54.2. The molecule has 0 saturated carbocycles. The van der Waals surface area contributed by atoms with Crippen molar-refractivity contribution >= 4 is 5.91 Å². The van der Waals surface area contributed by atoms with Gasteiger partial charge in [-0.2, -0.15) is 0 Å². The minimum absolute atomic E-state index is 0.187. The first-order valence-electron chi connectivity index (χ1n) is 35.7. The van der Waals surface area contributed by atoms with E-state index in [1.165, 1.54) is 257 Å². The van der Waals surface area contributed by atoms with E-state index >= 15 is 0 Å². The lowest BCUT2D eigenvalue weighted by Crippen LogP contribution is -2.60. The molecule has 0 aliphatic carbocycles. The molecule has 7 unspecified atom stereocenters. The summed E-state index contributed by atoms with van der Waals surface area (Å²) in [5.74, 6) is -0.187. The summed E-state index contributed by atoms with van der Waals surface area (Å²) < 4.78 is 11.3. The molecule has 7 atom stereocenters. The second-order valence-corrected chi connectivity index (χ2v) is 24.7. The fraction of sp³-hybridized carbons (Fsp3) is 0.824. The average molecular weight is 1170 g/mol. The van der Waals surface area contributed by atoms with Gasteiger partial charge in [0.15, 0.2) is 6.29 Å². The van der Waals surface area contributed by atoms with Crippen molar-refractivity contribution in [2.45, 2.75) is 378 Å². The van der Waals surface area contributed by atoms with Gasteiger partial charge in [-0.3, -0.25) is 4.79 Å². The van der Waals surface area contributed by atoms with Crippen LogP contribution >= 0.6 is 0 Å². The Bertz CT molecular complexity index is 1540. The molecule has 1 heterocycles. The molecule has 0 aromatic carbocycles. The molecule has 83 heavy (non-hydrogen) atoms. The number of rotatable bonds is 62. The van der Waals surface area contributed by atoms with Crippen molar-refractivity contribution in [1.29, 1.82) is 0 Å². The number of hydrogen-bond acceptors (Lipinski definition) is 8. The molecule has 1 aliphatic heterocycles. The number of amides is 1. The van der Waals surface area contributed by atoms with E-state index in [0.29, 0.717) is 6.42 Å². The zero-order chi connectivity index (χ0) is 60.0. The lowest BCUT2D eigenvalue weighted by atomic mass is 9.99. The van der Waals surface area contributed by atoms with E-state index in [0.717, 1.165) is 57.8 Å². The maximum absolute atomic E-state index is 13.1. The Kier molecular flexibility index (Phi) is 59.4. The van der Waals surface area contributed by atoms with Crippen LogP contribution in [0.3, 0.4) is 0 Å². The number of aliphatic hydroxyl groups is 5. The van der Waals surface area contributed by atoms with Gasteiger partial charge in [0, 0.05) is 6.42 Å². The van der Waals surface area contributed by atoms with E-state index in [-0.39, 0.29) is 12.5 Å². The van der Waals surface area contributed by atoms with Gasteiger partial charge in [0.25, 0.3) is 0 Å². The molecule has 9 heteroatoms. The quantitative estimate of drug-likeness (QED) is 0.0261. The van der Waals surface area contributed by atoms with Gasteiger partial charge in [-0.1, -0.05) is 318 Å². The molecule has 0 radical (unpaired) electrons. The first kappa shape index (κ1) is 78.6. The van der Waals surface area contributed by atoms with Gasteiger partial charge in [-0.15, -0.1) is 0 Å². The lowest BCUT2D eigenvalue weighted by Gasteiger charge is -2.40. The molecule has 6 N–H and O–H groups in total. The molecule has 1 amide bonds. The number of carbonyl (C=O) groups excluding carboxylic acids is 1. The summed E-state index contributed by atoms with van der Waals surface area (Å²) in [6.45, 7) is 3.78. The monoisotopic (exact) mass is 1170 g/mol. The number of nitrogens with one attached hydrogen (secondary N) is 1. The van der Waals surface area contributed by atoms with Gasteiger partial charge in [0.1, 0.15) is 24.4 Å². The van der Waals surface area contributed by atoms with Crippen LogP contribution in [0.25, 0.3) is 0 Å². The molecule has 1 rings (SSSR count). The Balaban J connectivity index is 2.15. The molecule has 9 nitrogen and oxygen atoms in total. The average Bonchev–Trinajstić information content (AvgIpc) is 3.61. The van der Waals surface area contributed by atoms with Crippen molar-refractivity contribution in [2.75, 3.05) is 13.2 Å². The van der Waals surface area contributed by atoms with Crippen LogP contribution in [0.2, 0.25) is 0 Å². The minimum Gasteiger partial charge on any atom is -0.394 e. The van der Waals surface area contributed by atoms with Gasteiger partial charge in [-0.05, 0) is 83.5 Å². The fourth-order valence-corrected chi connectivity index (χ4v) is 11.1. The molecule has 0 aromatic rings. The smallest absolute Gasteiger partial charge is 0.220 e. The maximum atomic E-state index is 13.1. The predicted octanol–water partition coefficient (Wildman–Crippen LogP) is 19.5. The summed E-state index contributed by atoms with van der Waals surface area (Å²) >= 11 is 0. The first-order chi connectivity index (χ1) is 40.8. The van der Waals surface area contributed by atoms with Gasteiger partial charge in [-0.25, -0.2) is 0 Å². The molecular weight excluding hydrogens is 1030 g/mol. The van der Waals surface area contributed by atoms with E-state index in [1.54, 1.807) is 6.08 Å². The zero-order valence-electron chi connectivity index (χ0n) is 54.2. The second kappa shape index (κ2) is 62.7. The largest absolute Gasteiger partial charge is 0.394 e. The standard InChI is InChI=1S/C74H135NO8/c1-3-5-7-9-11-13-15-17-19-21-23-25-27-29-31-32-33-34-35-36-38-40-42-44-46-48-50-52-54-56-58-60-62-64-70(78)75-67(66-82-74-73(81)72(80)71(79)69(65-76)83-74)68(77)63-61-59-57-55-53-51-49-47-45-43-41-39-37-30-28-26-24-22-20-18-16-14-12-10-8-6-4-2/h15,17,21,23,27,29,45,47,53,55,61,63,67-69,71-74,76-77,79-81H,3-14,16,18-20,22,24-26,28,30-44,46,48-52,54,56-60,62,64-66H2,1-2H3,(H,75,78)/b17-15-,23-21-,29-27-,47-45+,55-53+,63-61+. The summed E-state index contributed by atoms with van der Waals surface area (Å²) in [6.07, 6.45) is 81.6. The highest BCUT2D eigenvalue weighted by atomic mass is 16.7. The molecule has 1 fully saturated rings. The first-order valence-corrected chi connectivity index (χ1v) is 35.7. The predicted molar refractivity (Wildman–Crippen MR) is 355 cm³/mol. The fourth-order valence-electron chi connectivity index (χ4n) is 11.1. The van der Waals surface area contributed by atoms with Crippen molar-refractivity contribution in [3.05, 3.63) is 72.9 Å². The molecule has 484 valence electrons. The highest BCUT2D eigenvalue weighted by molar-refractivity contribution is 5.76. The number of allylic oxidation sites excluding steroid dienone is 11. The summed E-state index contributed by atoms with van der Waals surface area (Å²) in [7, 11) is 0. The Morgan fingerprint density at radius 2 is 0.723 bits per heavy atom.